The molecule has 0 spiro atoms. The number of aryl methyl sites for hydroxylation is 3. The lowest BCUT2D eigenvalue weighted by atomic mass is 10.1. The maximum absolute atomic E-state index is 4.51. The van der Waals surface area contributed by atoms with Gasteiger partial charge in [0.15, 0.2) is 5.65 Å². The molecule has 5 nitrogen and oxygen atoms in total. The molecule has 3 heterocycles. The number of pyridine rings is 1. The van der Waals surface area contributed by atoms with Gasteiger partial charge in [-0.1, -0.05) is 6.07 Å². The molecular weight excluding hydrogens is 274 g/mol. The summed E-state index contributed by atoms with van der Waals surface area (Å²) < 4.78 is 1.87. The Morgan fingerprint density at radius 2 is 2.00 bits per heavy atom. The first-order valence-corrected chi connectivity index (χ1v) is 7.54. The smallest absolute Gasteiger partial charge is 0.157 e. The molecule has 0 bridgehead atoms. The van der Waals surface area contributed by atoms with E-state index >= 15 is 0 Å². The topological polar surface area (TPSA) is 55.1 Å². The van der Waals surface area contributed by atoms with Crippen molar-refractivity contribution in [2.24, 2.45) is 0 Å². The quantitative estimate of drug-likeness (QED) is 0.803. The molecule has 1 atom stereocenters. The summed E-state index contributed by atoms with van der Waals surface area (Å²) >= 11 is 0. The van der Waals surface area contributed by atoms with Crippen LogP contribution >= 0.6 is 0 Å². The highest BCUT2D eigenvalue weighted by Gasteiger charge is 2.11. The predicted octanol–water partition coefficient (Wildman–Crippen LogP) is 3.09. The summed E-state index contributed by atoms with van der Waals surface area (Å²) in [4.78, 5) is 8.98. The van der Waals surface area contributed by atoms with Crippen LogP contribution in [0, 0.1) is 20.8 Å². The van der Waals surface area contributed by atoms with Crippen LogP contribution in [0.2, 0.25) is 0 Å². The first-order chi connectivity index (χ1) is 10.5. The largest absolute Gasteiger partial charge is 0.367 e. The number of hydrogen-bond donors (Lipinski definition) is 1. The average molecular weight is 295 g/mol. The Morgan fingerprint density at radius 1 is 1.18 bits per heavy atom. The Morgan fingerprint density at radius 3 is 2.77 bits per heavy atom. The Bertz CT molecular complexity index is 806. The van der Waals surface area contributed by atoms with Crippen molar-refractivity contribution in [3.63, 3.8) is 0 Å². The number of hydrogen-bond acceptors (Lipinski definition) is 4. The van der Waals surface area contributed by atoms with Crippen molar-refractivity contribution < 1.29 is 0 Å². The normalized spacial score (nSPS) is 12.5. The number of aromatic nitrogens is 4. The van der Waals surface area contributed by atoms with Gasteiger partial charge in [-0.15, -0.1) is 0 Å². The molecule has 5 heteroatoms. The fraction of sp³-hybridized carbons (Fsp3) is 0.353. The van der Waals surface area contributed by atoms with Crippen molar-refractivity contribution in [3.8, 4) is 0 Å². The highest BCUT2D eigenvalue weighted by atomic mass is 15.3. The summed E-state index contributed by atoms with van der Waals surface area (Å²) in [6, 6.07) is 8.34. The molecule has 0 saturated carbocycles. The molecule has 0 radical (unpaired) electrons. The molecule has 0 amide bonds. The molecule has 0 aromatic carbocycles. The number of rotatable bonds is 4. The van der Waals surface area contributed by atoms with Gasteiger partial charge in [-0.3, -0.25) is 4.98 Å². The maximum atomic E-state index is 4.51. The zero-order valence-electron chi connectivity index (χ0n) is 13.5. The average Bonchev–Trinajstić information content (AvgIpc) is 2.82. The van der Waals surface area contributed by atoms with Crippen LogP contribution in [0.5, 0.6) is 0 Å². The van der Waals surface area contributed by atoms with E-state index in [-0.39, 0.29) is 6.04 Å². The van der Waals surface area contributed by atoms with Gasteiger partial charge in [-0.2, -0.15) is 9.61 Å². The van der Waals surface area contributed by atoms with Gasteiger partial charge in [0.2, 0.25) is 0 Å². The van der Waals surface area contributed by atoms with Gasteiger partial charge in [0.1, 0.15) is 5.82 Å². The van der Waals surface area contributed by atoms with Crippen molar-refractivity contribution in [1.29, 1.82) is 0 Å². The van der Waals surface area contributed by atoms with Gasteiger partial charge in [0.05, 0.1) is 5.69 Å². The van der Waals surface area contributed by atoms with Crippen molar-refractivity contribution in [2.75, 3.05) is 5.32 Å². The van der Waals surface area contributed by atoms with Gasteiger partial charge >= 0.3 is 0 Å². The highest BCUT2D eigenvalue weighted by molar-refractivity contribution is 5.50. The standard InChI is InChI=1S/C17H21N5/c1-11-6-5-7-18-15(11)8-12(2)19-16-9-13(3)20-17-10-14(4)21-22(16)17/h5-7,9-10,12,19H,8H2,1-4H3/t12-/m0/s1. The maximum Gasteiger partial charge on any atom is 0.157 e. The van der Waals surface area contributed by atoms with Gasteiger partial charge < -0.3 is 5.32 Å². The summed E-state index contributed by atoms with van der Waals surface area (Å²) in [5.41, 5.74) is 5.18. The first-order valence-electron chi connectivity index (χ1n) is 7.54. The summed E-state index contributed by atoms with van der Waals surface area (Å²) in [7, 11) is 0. The third-order valence-electron chi connectivity index (χ3n) is 3.69. The molecule has 0 aliphatic carbocycles. The Balaban J connectivity index is 1.85. The summed E-state index contributed by atoms with van der Waals surface area (Å²) in [6.07, 6.45) is 2.72. The molecule has 1 N–H and O–H groups in total. The van der Waals surface area contributed by atoms with E-state index in [2.05, 4.69) is 40.3 Å². The second-order valence-electron chi connectivity index (χ2n) is 5.85. The monoisotopic (exact) mass is 295 g/mol. The third-order valence-corrected chi connectivity index (χ3v) is 3.69. The molecule has 0 aliphatic rings. The van der Waals surface area contributed by atoms with Crippen LogP contribution in [0.1, 0.15) is 29.6 Å². The van der Waals surface area contributed by atoms with E-state index in [4.69, 9.17) is 0 Å². The predicted molar refractivity (Wildman–Crippen MR) is 88.2 cm³/mol. The van der Waals surface area contributed by atoms with Crippen LogP contribution in [0.4, 0.5) is 5.82 Å². The Labute approximate surface area is 130 Å². The van der Waals surface area contributed by atoms with Gasteiger partial charge in [0.25, 0.3) is 0 Å². The lowest BCUT2D eigenvalue weighted by Gasteiger charge is -2.17. The molecule has 22 heavy (non-hydrogen) atoms. The van der Waals surface area contributed by atoms with E-state index in [0.29, 0.717) is 0 Å². The molecule has 0 fully saturated rings. The van der Waals surface area contributed by atoms with Crippen molar-refractivity contribution in [1.82, 2.24) is 19.6 Å². The molecular formula is C17H21N5. The van der Waals surface area contributed by atoms with Crippen molar-refractivity contribution in [2.45, 2.75) is 40.2 Å². The number of nitrogens with zero attached hydrogens (tertiary/aromatic N) is 4. The summed E-state index contributed by atoms with van der Waals surface area (Å²) in [6.45, 7) is 8.24. The van der Waals surface area contributed by atoms with Gasteiger partial charge in [0, 0.05) is 42.2 Å². The first kappa shape index (κ1) is 14.5. The van der Waals surface area contributed by atoms with E-state index in [1.807, 2.05) is 42.8 Å². The van der Waals surface area contributed by atoms with E-state index in [1.54, 1.807) is 0 Å². The van der Waals surface area contributed by atoms with Crippen LogP contribution < -0.4 is 5.32 Å². The van der Waals surface area contributed by atoms with E-state index in [9.17, 15) is 0 Å². The second-order valence-corrected chi connectivity index (χ2v) is 5.85. The molecule has 0 saturated heterocycles. The van der Waals surface area contributed by atoms with Gasteiger partial charge in [-0.05, 0) is 39.3 Å². The van der Waals surface area contributed by atoms with E-state index in [0.717, 1.165) is 35.0 Å². The zero-order chi connectivity index (χ0) is 15.7. The Kier molecular flexibility index (Phi) is 3.79. The minimum Gasteiger partial charge on any atom is -0.367 e. The van der Waals surface area contributed by atoms with Crippen LogP contribution in [-0.4, -0.2) is 25.6 Å². The van der Waals surface area contributed by atoms with Crippen LogP contribution in [0.25, 0.3) is 5.65 Å². The molecule has 0 aliphatic heterocycles. The fourth-order valence-corrected chi connectivity index (χ4v) is 2.64. The lowest BCUT2D eigenvalue weighted by molar-refractivity contribution is 0.748. The third kappa shape index (κ3) is 2.93. The highest BCUT2D eigenvalue weighted by Crippen LogP contribution is 2.16. The minimum atomic E-state index is 0.253. The van der Waals surface area contributed by atoms with E-state index < -0.39 is 0 Å². The molecule has 114 valence electrons. The number of anilines is 1. The SMILES string of the molecule is Cc1cc(N[C@@H](C)Cc2ncccc2C)n2nc(C)cc2n1. The van der Waals surface area contributed by atoms with Gasteiger partial charge in [-0.25, -0.2) is 4.98 Å². The molecule has 3 aromatic rings. The summed E-state index contributed by atoms with van der Waals surface area (Å²) in [5.74, 6) is 0.969. The van der Waals surface area contributed by atoms with Crippen LogP contribution in [-0.2, 0) is 6.42 Å². The number of fused-ring (bicyclic) bond motifs is 1. The van der Waals surface area contributed by atoms with E-state index in [1.165, 1.54) is 5.56 Å². The molecule has 3 aromatic heterocycles. The van der Waals surface area contributed by atoms with Crippen LogP contribution in [0.15, 0.2) is 30.5 Å². The minimum absolute atomic E-state index is 0.253. The summed E-state index contributed by atoms with van der Waals surface area (Å²) in [5, 5.41) is 8.04. The van der Waals surface area contributed by atoms with Crippen LogP contribution in [0.3, 0.4) is 0 Å². The zero-order valence-corrected chi connectivity index (χ0v) is 13.5. The molecule has 0 unspecified atom stereocenters. The molecule has 3 rings (SSSR count). The number of nitrogens with one attached hydrogen (secondary N) is 1. The van der Waals surface area contributed by atoms with Crippen molar-refractivity contribution >= 4 is 11.5 Å². The Hall–Kier alpha value is -2.43. The lowest BCUT2D eigenvalue weighted by Crippen LogP contribution is -2.21. The second kappa shape index (κ2) is 5.75. The fourth-order valence-electron chi connectivity index (χ4n) is 2.64. The van der Waals surface area contributed by atoms with Crippen molar-refractivity contribution in [3.05, 3.63) is 53.1 Å².